The monoisotopic (exact) mass is 351 g/mol. The van der Waals surface area contributed by atoms with Crippen LogP contribution in [0, 0.1) is 0 Å². The van der Waals surface area contributed by atoms with Gasteiger partial charge in [0, 0.05) is 37.7 Å². The first-order valence-electron chi connectivity index (χ1n) is 9.61. The summed E-state index contributed by atoms with van der Waals surface area (Å²) in [4.78, 5) is 26.9. The van der Waals surface area contributed by atoms with E-state index < -0.39 is 0 Å². The number of unbranched alkanes of at least 4 members (excludes halogenated alkanes) is 1. The third kappa shape index (κ3) is 3.49. The van der Waals surface area contributed by atoms with Crippen molar-refractivity contribution in [3.8, 4) is 11.1 Å². The number of aryl methyl sites for hydroxylation is 1. The molecule has 0 spiro atoms. The van der Waals surface area contributed by atoms with E-state index in [1.807, 2.05) is 30.3 Å². The second-order valence-corrected chi connectivity index (χ2v) is 7.42. The molecule has 0 radical (unpaired) electrons. The molecule has 5 nitrogen and oxygen atoms in total. The quantitative estimate of drug-likeness (QED) is 0.751. The normalized spacial score (nSPS) is 22.7. The second-order valence-electron chi connectivity index (χ2n) is 7.42. The van der Waals surface area contributed by atoms with Crippen LogP contribution in [0.25, 0.3) is 11.1 Å². The maximum atomic E-state index is 12.7. The van der Waals surface area contributed by atoms with Crippen molar-refractivity contribution in [1.29, 1.82) is 0 Å². The van der Waals surface area contributed by atoms with Crippen molar-refractivity contribution in [3.05, 3.63) is 52.9 Å². The topological polar surface area (TPSA) is 55.2 Å². The van der Waals surface area contributed by atoms with Gasteiger partial charge in [-0.05, 0) is 43.9 Å². The Morgan fingerprint density at radius 3 is 2.35 bits per heavy atom. The number of ketones is 1. The Morgan fingerprint density at radius 2 is 1.62 bits per heavy atom. The number of benzene rings is 1. The fourth-order valence-corrected chi connectivity index (χ4v) is 4.43. The Hall–Kier alpha value is -2.27. The fourth-order valence-electron chi connectivity index (χ4n) is 4.43. The zero-order valence-corrected chi connectivity index (χ0v) is 15.0. The fraction of sp³-hybridized carbons (Fsp3) is 0.476. The minimum absolute atomic E-state index is 0.0256. The van der Waals surface area contributed by atoms with Crippen molar-refractivity contribution in [2.24, 2.45) is 0 Å². The van der Waals surface area contributed by atoms with Gasteiger partial charge in [-0.25, -0.2) is 4.68 Å². The van der Waals surface area contributed by atoms with E-state index in [0.717, 1.165) is 50.6 Å². The molecule has 2 aromatic rings. The van der Waals surface area contributed by atoms with Crippen molar-refractivity contribution in [2.45, 2.75) is 57.2 Å². The van der Waals surface area contributed by atoms with Crippen LogP contribution in [0.5, 0.6) is 0 Å². The van der Waals surface area contributed by atoms with E-state index in [9.17, 15) is 9.59 Å². The van der Waals surface area contributed by atoms with Crippen LogP contribution >= 0.6 is 0 Å². The summed E-state index contributed by atoms with van der Waals surface area (Å²) in [6.07, 6.45) is 7.46. The van der Waals surface area contributed by atoms with Gasteiger partial charge in [0.15, 0.2) is 0 Å². The molecule has 0 aliphatic carbocycles. The summed E-state index contributed by atoms with van der Waals surface area (Å²) in [6, 6.07) is 12.4. The van der Waals surface area contributed by atoms with Crippen LogP contribution in [0.3, 0.4) is 0 Å². The minimum atomic E-state index is -0.0256. The van der Waals surface area contributed by atoms with Gasteiger partial charge in [0.05, 0.1) is 5.56 Å². The Labute approximate surface area is 153 Å². The number of carbonyl (C=O) groups is 1. The Kier molecular flexibility index (Phi) is 4.98. The zero-order valence-electron chi connectivity index (χ0n) is 15.0. The third-order valence-electron chi connectivity index (χ3n) is 5.73. The number of hydrogen-bond acceptors (Lipinski definition) is 4. The van der Waals surface area contributed by atoms with E-state index in [4.69, 9.17) is 0 Å². The van der Waals surface area contributed by atoms with E-state index in [2.05, 4.69) is 10.00 Å². The molecule has 4 rings (SSSR count). The van der Waals surface area contributed by atoms with Crippen molar-refractivity contribution < 1.29 is 4.79 Å². The molecule has 2 atom stereocenters. The predicted octanol–water partition coefficient (Wildman–Crippen LogP) is 2.89. The highest BCUT2D eigenvalue weighted by atomic mass is 16.1. The summed E-state index contributed by atoms with van der Waals surface area (Å²) in [5, 5.41) is 4.25. The Bertz CT molecular complexity index is 815. The molecular weight excluding hydrogens is 326 g/mol. The van der Waals surface area contributed by atoms with Gasteiger partial charge in [0.1, 0.15) is 5.78 Å². The number of Topliss-reactive ketones (excluding diaryl/α,β-unsaturated/α-hetero) is 1. The molecule has 2 unspecified atom stereocenters. The summed E-state index contributed by atoms with van der Waals surface area (Å²) in [6.45, 7) is 1.66. The largest absolute Gasteiger partial charge is 0.300 e. The van der Waals surface area contributed by atoms with Gasteiger partial charge in [-0.15, -0.1) is 0 Å². The highest BCUT2D eigenvalue weighted by molar-refractivity contribution is 5.80. The highest BCUT2D eigenvalue weighted by Crippen LogP contribution is 2.33. The van der Waals surface area contributed by atoms with E-state index in [1.54, 1.807) is 16.9 Å². The highest BCUT2D eigenvalue weighted by Gasteiger charge is 2.39. The summed E-state index contributed by atoms with van der Waals surface area (Å²) in [5.41, 5.74) is 1.61. The van der Waals surface area contributed by atoms with E-state index in [0.29, 0.717) is 30.0 Å². The molecule has 2 bridgehead atoms. The summed E-state index contributed by atoms with van der Waals surface area (Å²) in [7, 11) is 0. The van der Waals surface area contributed by atoms with Crippen LogP contribution in [0.1, 0.15) is 38.5 Å². The summed E-state index contributed by atoms with van der Waals surface area (Å²) < 4.78 is 1.58. The number of aromatic nitrogens is 2. The Morgan fingerprint density at radius 1 is 0.923 bits per heavy atom. The number of carbonyl (C=O) groups excluding carboxylic acids is 1. The second kappa shape index (κ2) is 7.54. The van der Waals surface area contributed by atoms with E-state index in [-0.39, 0.29) is 5.56 Å². The molecule has 5 heteroatoms. The van der Waals surface area contributed by atoms with Crippen LogP contribution in [0.2, 0.25) is 0 Å². The molecule has 2 fully saturated rings. The van der Waals surface area contributed by atoms with Gasteiger partial charge in [0.2, 0.25) is 0 Å². The lowest BCUT2D eigenvalue weighted by Crippen LogP contribution is -2.43. The molecule has 2 aliphatic rings. The molecule has 2 aliphatic heterocycles. The SMILES string of the molecule is O=C1CC2CCC(C1)N2CCCCn1nccc(-c2ccccc2)c1=O. The summed E-state index contributed by atoms with van der Waals surface area (Å²) in [5.74, 6) is 0.433. The van der Waals surface area contributed by atoms with Gasteiger partial charge in [0.25, 0.3) is 5.56 Å². The first-order valence-corrected chi connectivity index (χ1v) is 9.61. The number of piperidine rings is 1. The van der Waals surface area contributed by atoms with Crippen molar-refractivity contribution in [1.82, 2.24) is 14.7 Å². The lowest BCUT2D eigenvalue weighted by Gasteiger charge is -2.33. The van der Waals surface area contributed by atoms with Gasteiger partial charge in [-0.3, -0.25) is 14.5 Å². The van der Waals surface area contributed by atoms with Gasteiger partial charge in [-0.1, -0.05) is 30.3 Å². The molecule has 0 N–H and O–H groups in total. The maximum absolute atomic E-state index is 12.7. The third-order valence-corrected chi connectivity index (χ3v) is 5.73. The molecule has 1 aromatic heterocycles. The van der Waals surface area contributed by atoms with Gasteiger partial charge < -0.3 is 0 Å². The van der Waals surface area contributed by atoms with Crippen LogP contribution in [-0.4, -0.2) is 39.1 Å². The average Bonchev–Trinajstić information content (AvgIpc) is 2.90. The maximum Gasteiger partial charge on any atom is 0.274 e. The zero-order chi connectivity index (χ0) is 17.9. The van der Waals surface area contributed by atoms with Crippen LogP contribution in [-0.2, 0) is 11.3 Å². The lowest BCUT2D eigenvalue weighted by atomic mass is 10.0. The lowest BCUT2D eigenvalue weighted by molar-refractivity contribution is -0.123. The van der Waals surface area contributed by atoms with Crippen LogP contribution in [0.15, 0.2) is 47.4 Å². The Balaban J connectivity index is 1.34. The standard InChI is InChI=1S/C21H25N3O2/c25-19-14-17-8-9-18(15-19)23(17)12-4-5-13-24-21(26)20(10-11-22-24)16-6-2-1-3-7-16/h1-3,6-7,10-11,17-18H,4-5,8-9,12-15H2. The molecule has 2 saturated heterocycles. The number of fused-ring (bicyclic) bond motifs is 2. The van der Waals surface area contributed by atoms with E-state index >= 15 is 0 Å². The smallest absolute Gasteiger partial charge is 0.274 e. The van der Waals surface area contributed by atoms with Crippen LogP contribution < -0.4 is 5.56 Å². The molecule has 26 heavy (non-hydrogen) atoms. The van der Waals surface area contributed by atoms with E-state index in [1.165, 1.54) is 0 Å². The number of nitrogens with zero attached hydrogens (tertiary/aromatic N) is 3. The van der Waals surface area contributed by atoms with Crippen molar-refractivity contribution in [2.75, 3.05) is 6.54 Å². The first kappa shape index (κ1) is 17.2. The molecule has 3 heterocycles. The number of rotatable bonds is 6. The van der Waals surface area contributed by atoms with Gasteiger partial charge in [-0.2, -0.15) is 5.10 Å². The van der Waals surface area contributed by atoms with Crippen molar-refractivity contribution in [3.63, 3.8) is 0 Å². The van der Waals surface area contributed by atoms with Crippen LogP contribution in [0.4, 0.5) is 0 Å². The first-order chi connectivity index (χ1) is 12.7. The molecule has 0 saturated carbocycles. The average molecular weight is 351 g/mol. The summed E-state index contributed by atoms with van der Waals surface area (Å²) >= 11 is 0. The van der Waals surface area contributed by atoms with Gasteiger partial charge >= 0.3 is 0 Å². The molecule has 1 aromatic carbocycles. The molecule has 136 valence electrons. The van der Waals surface area contributed by atoms with Crippen molar-refractivity contribution >= 4 is 5.78 Å². The molecular formula is C21H25N3O2. The predicted molar refractivity (Wildman–Crippen MR) is 101 cm³/mol. The molecule has 0 amide bonds. The minimum Gasteiger partial charge on any atom is -0.300 e. The number of hydrogen-bond donors (Lipinski definition) is 0.